The van der Waals surface area contributed by atoms with Crippen molar-refractivity contribution in [3.8, 4) is 0 Å². The molecule has 1 saturated carbocycles. The summed E-state index contributed by atoms with van der Waals surface area (Å²) in [6.45, 7) is 9.31. The van der Waals surface area contributed by atoms with E-state index >= 15 is 0 Å². The standard InChI is InChI=1S/C21H36N4O3/c1-3-22-19(23-16-20(2,26)18-8-7-13-28-18)24-17-21(9-5-4-6-10-21)25-11-14-27-15-12-25/h7-8,13,26H,3-6,9-12,14-17H2,1-2H3,(H2,22,23,24). The van der Waals surface area contributed by atoms with Crippen molar-refractivity contribution in [2.45, 2.75) is 57.1 Å². The Morgan fingerprint density at radius 2 is 2.00 bits per heavy atom. The van der Waals surface area contributed by atoms with Gasteiger partial charge in [0.1, 0.15) is 11.4 Å². The Morgan fingerprint density at radius 3 is 2.64 bits per heavy atom. The molecule has 1 aliphatic heterocycles. The van der Waals surface area contributed by atoms with Crippen LogP contribution in [0.4, 0.5) is 0 Å². The zero-order chi connectivity index (χ0) is 19.9. The lowest BCUT2D eigenvalue weighted by molar-refractivity contribution is -0.0353. The first-order valence-corrected chi connectivity index (χ1v) is 10.7. The number of guanidine groups is 1. The number of hydrogen-bond donors (Lipinski definition) is 3. The number of aliphatic imine (C=N–C) groups is 1. The van der Waals surface area contributed by atoms with Gasteiger partial charge in [0.2, 0.25) is 0 Å². The predicted octanol–water partition coefficient (Wildman–Crippen LogP) is 2.08. The summed E-state index contributed by atoms with van der Waals surface area (Å²) in [6, 6.07) is 3.57. The number of aliphatic hydroxyl groups is 1. The summed E-state index contributed by atoms with van der Waals surface area (Å²) in [5.41, 5.74) is -0.958. The third kappa shape index (κ3) is 5.27. The number of nitrogens with zero attached hydrogens (tertiary/aromatic N) is 2. The highest BCUT2D eigenvalue weighted by Crippen LogP contribution is 2.33. The highest BCUT2D eigenvalue weighted by Gasteiger charge is 2.38. The molecule has 0 amide bonds. The number of nitrogens with one attached hydrogen (secondary N) is 2. The van der Waals surface area contributed by atoms with Gasteiger partial charge in [-0.2, -0.15) is 0 Å². The third-order valence-electron chi connectivity index (χ3n) is 5.99. The Bertz CT molecular complexity index is 603. The number of rotatable bonds is 7. The van der Waals surface area contributed by atoms with E-state index in [0.717, 1.165) is 45.4 Å². The Balaban J connectivity index is 1.66. The van der Waals surface area contributed by atoms with Crippen molar-refractivity contribution in [1.82, 2.24) is 15.5 Å². The second-order valence-electron chi connectivity index (χ2n) is 8.18. The summed E-state index contributed by atoms with van der Waals surface area (Å²) in [7, 11) is 0. The van der Waals surface area contributed by atoms with Crippen LogP contribution in [0, 0.1) is 0 Å². The van der Waals surface area contributed by atoms with Crippen molar-refractivity contribution in [1.29, 1.82) is 0 Å². The molecule has 2 heterocycles. The lowest BCUT2D eigenvalue weighted by atomic mass is 9.80. The second kappa shape index (κ2) is 9.76. The van der Waals surface area contributed by atoms with Crippen LogP contribution in [0.25, 0.3) is 0 Å². The number of morpholine rings is 1. The summed E-state index contributed by atoms with van der Waals surface area (Å²) in [5, 5.41) is 17.6. The van der Waals surface area contributed by atoms with E-state index in [1.807, 2.05) is 0 Å². The van der Waals surface area contributed by atoms with Crippen LogP contribution in [0.2, 0.25) is 0 Å². The minimum Gasteiger partial charge on any atom is -0.466 e. The van der Waals surface area contributed by atoms with Gasteiger partial charge in [-0.25, -0.2) is 4.99 Å². The lowest BCUT2D eigenvalue weighted by Crippen LogP contribution is -2.60. The van der Waals surface area contributed by atoms with Crippen LogP contribution >= 0.6 is 0 Å². The number of ether oxygens (including phenoxy) is 1. The summed E-state index contributed by atoms with van der Waals surface area (Å²) >= 11 is 0. The van der Waals surface area contributed by atoms with Crippen LogP contribution in [-0.4, -0.2) is 67.4 Å². The molecular formula is C21H36N4O3. The molecule has 0 radical (unpaired) electrons. The maximum Gasteiger partial charge on any atom is 0.191 e. The van der Waals surface area contributed by atoms with Gasteiger partial charge < -0.3 is 24.9 Å². The van der Waals surface area contributed by atoms with E-state index in [4.69, 9.17) is 9.15 Å². The fraction of sp³-hybridized carbons (Fsp3) is 0.762. The molecule has 0 spiro atoms. The molecule has 1 aliphatic carbocycles. The molecule has 7 heteroatoms. The van der Waals surface area contributed by atoms with Crippen LogP contribution in [0.3, 0.4) is 0 Å². The van der Waals surface area contributed by atoms with Gasteiger partial charge in [0.15, 0.2) is 5.96 Å². The number of furan rings is 1. The molecular weight excluding hydrogens is 356 g/mol. The summed E-state index contributed by atoms with van der Waals surface area (Å²) in [4.78, 5) is 7.26. The average Bonchev–Trinajstić information content (AvgIpc) is 3.27. The van der Waals surface area contributed by atoms with Crippen molar-refractivity contribution in [2.75, 3.05) is 45.9 Å². The molecule has 28 heavy (non-hydrogen) atoms. The third-order valence-corrected chi connectivity index (χ3v) is 5.99. The Kier molecular flexibility index (Phi) is 7.37. The Labute approximate surface area is 168 Å². The minimum absolute atomic E-state index is 0.168. The molecule has 1 unspecified atom stereocenters. The molecule has 0 bridgehead atoms. The van der Waals surface area contributed by atoms with Crippen molar-refractivity contribution >= 4 is 5.96 Å². The van der Waals surface area contributed by atoms with Gasteiger partial charge in [-0.3, -0.25) is 4.90 Å². The monoisotopic (exact) mass is 392 g/mol. The number of hydrogen-bond acceptors (Lipinski definition) is 5. The first kappa shape index (κ1) is 21.1. The van der Waals surface area contributed by atoms with E-state index in [2.05, 4.69) is 27.4 Å². The highest BCUT2D eigenvalue weighted by atomic mass is 16.5. The van der Waals surface area contributed by atoms with Crippen LogP contribution in [0.15, 0.2) is 27.8 Å². The molecule has 1 atom stereocenters. The van der Waals surface area contributed by atoms with Crippen LogP contribution in [-0.2, 0) is 10.3 Å². The first-order chi connectivity index (χ1) is 13.6. The first-order valence-electron chi connectivity index (χ1n) is 10.7. The minimum atomic E-state index is -1.13. The van der Waals surface area contributed by atoms with Gasteiger partial charge in [-0.05, 0) is 38.8 Å². The molecule has 3 N–H and O–H groups in total. The van der Waals surface area contributed by atoms with E-state index in [1.165, 1.54) is 32.1 Å². The maximum atomic E-state index is 10.7. The topological polar surface area (TPSA) is 82.3 Å². The quantitative estimate of drug-likeness (QED) is 0.487. The molecule has 7 nitrogen and oxygen atoms in total. The van der Waals surface area contributed by atoms with Gasteiger partial charge in [-0.15, -0.1) is 0 Å². The van der Waals surface area contributed by atoms with Crippen molar-refractivity contribution in [3.05, 3.63) is 24.2 Å². The van der Waals surface area contributed by atoms with Gasteiger partial charge in [-0.1, -0.05) is 19.3 Å². The average molecular weight is 393 g/mol. The summed E-state index contributed by atoms with van der Waals surface area (Å²) in [5.74, 6) is 1.27. The largest absolute Gasteiger partial charge is 0.466 e. The molecule has 0 aromatic carbocycles. The van der Waals surface area contributed by atoms with Crippen molar-refractivity contribution in [3.63, 3.8) is 0 Å². The second-order valence-corrected chi connectivity index (χ2v) is 8.18. The molecule has 1 aromatic rings. The van der Waals surface area contributed by atoms with E-state index in [9.17, 15) is 5.11 Å². The van der Waals surface area contributed by atoms with Gasteiger partial charge in [0.05, 0.1) is 26.0 Å². The van der Waals surface area contributed by atoms with Gasteiger partial charge in [0.25, 0.3) is 0 Å². The predicted molar refractivity (Wildman–Crippen MR) is 110 cm³/mol. The fourth-order valence-electron chi connectivity index (χ4n) is 4.34. The van der Waals surface area contributed by atoms with Gasteiger partial charge in [0, 0.05) is 31.7 Å². The molecule has 3 rings (SSSR count). The van der Waals surface area contributed by atoms with E-state index < -0.39 is 5.60 Å². The van der Waals surface area contributed by atoms with Crippen LogP contribution < -0.4 is 10.6 Å². The van der Waals surface area contributed by atoms with E-state index in [0.29, 0.717) is 5.76 Å². The zero-order valence-corrected chi connectivity index (χ0v) is 17.4. The van der Waals surface area contributed by atoms with E-state index in [1.54, 1.807) is 25.3 Å². The Hall–Kier alpha value is -1.57. The SMILES string of the molecule is CCNC(=NCC(C)(O)c1ccco1)NCC1(N2CCOCC2)CCCCC1. The van der Waals surface area contributed by atoms with Crippen LogP contribution in [0.5, 0.6) is 0 Å². The molecule has 1 saturated heterocycles. The maximum absolute atomic E-state index is 10.7. The van der Waals surface area contributed by atoms with Crippen LogP contribution in [0.1, 0.15) is 51.7 Å². The van der Waals surface area contributed by atoms with Crippen molar-refractivity contribution in [2.24, 2.45) is 4.99 Å². The zero-order valence-electron chi connectivity index (χ0n) is 17.4. The molecule has 158 valence electrons. The summed E-state index contributed by atoms with van der Waals surface area (Å²) in [6.07, 6.45) is 7.88. The molecule has 2 fully saturated rings. The molecule has 1 aromatic heterocycles. The smallest absolute Gasteiger partial charge is 0.191 e. The van der Waals surface area contributed by atoms with E-state index in [-0.39, 0.29) is 12.1 Å². The Morgan fingerprint density at radius 1 is 1.25 bits per heavy atom. The highest BCUT2D eigenvalue weighted by molar-refractivity contribution is 5.79. The molecule has 2 aliphatic rings. The van der Waals surface area contributed by atoms with Crippen molar-refractivity contribution < 1.29 is 14.3 Å². The van der Waals surface area contributed by atoms with Gasteiger partial charge >= 0.3 is 0 Å². The summed E-state index contributed by atoms with van der Waals surface area (Å²) < 4.78 is 10.9. The normalized spacial score (nSPS) is 23.2. The fourth-order valence-corrected chi connectivity index (χ4v) is 4.34. The lowest BCUT2D eigenvalue weighted by Gasteiger charge is -2.48.